The molecule has 0 aliphatic carbocycles. The zero-order chi connectivity index (χ0) is 10.8. The van der Waals surface area contributed by atoms with Gasteiger partial charge in [-0.25, -0.2) is 0 Å². The van der Waals surface area contributed by atoms with Crippen LogP contribution in [0.4, 0.5) is 0 Å². The fourth-order valence-corrected chi connectivity index (χ4v) is 1.34. The van der Waals surface area contributed by atoms with E-state index in [0.717, 1.165) is 25.7 Å². The van der Waals surface area contributed by atoms with Crippen molar-refractivity contribution in [2.45, 2.75) is 32.1 Å². The summed E-state index contributed by atoms with van der Waals surface area (Å²) in [5.41, 5.74) is 0. The lowest BCUT2D eigenvalue weighted by atomic mass is 10.0. The molecule has 0 aromatic carbocycles. The average Bonchev–Trinajstić information content (AvgIpc) is 2.15. The average molecular weight is 200 g/mol. The molecular formula is C11H20O3. The Hall–Kier alpha value is -0.830. The van der Waals surface area contributed by atoms with Crippen molar-refractivity contribution in [2.24, 2.45) is 5.92 Å². The minimum atomic E-state index is -0.754. The Morgan fingerprint density at radius 2 is 2.21 bits per heavy atom. The van der Waals surface area contributed by atoms with Crippen LogP contribution < -0.4 is 0 Å². The van der Waals surface area contributed by atoms with Crippen molar-refractivity contribution < 1.29 is 14.6 Å². The van der Waals surface area contributed by atoms with Crippen molar-refractivity contribution in [3.05, 3.63) is 12.7 Å². The van der Waals surface area contributed by atoms with Crippen LogP contribution >= 0.6 is 0 Å². The molecule has 0 aliphatic rings. The van der Waals surface area contributed by atoms with Crippen LogP contribution in [0.3, 0.4) is 0 Å². The second kappa shape index (κ2) is 8.75. The summed E-state index contributed by atoms with van der Waals surface area (Å²) in [6.07, 6.45) is 6.74. The van der Waals surface area contributed by atoms with Crippen LogP contribution in [-0.4, -0.2) is 24.8 Å². The molecule has 0 aromatic heterocycles. The molecule has 0 radical (unpaired) electrons. The van der Waals surface area contributed by atoms with Crippen molar-refractivity contribution in [1.82, 2.24) is 0 Å². The molecule has 82 valence electrons. The van der Waals surface area contributed by atoms with E-state index in [9.17, 15) is 4.79 Å². The number of ether oxygens (including phenoxy) is 1. The Labute approximate surface area is 85.8 Å². The van der Waals surface area contributed by atoms with E-state index < -0.39 is 5.97 Å². The van der Waals surface area contributed by atoms with Gasteiger partial charge in [0.1, 0.15) is 0 Å². The predicted octanol–water partition coefficient (Wildman–Crippen LogP) is 2.47. The summed E-state index contributed by atoms with van der Waals surface area (Å²) in [6, 6.07) is 0. The molecule has 1 N–H and O–H groups in total. The molecule has 0 saturated carbocycles. The molecule has 0 amide bonds. The van der Waals surface area contributed by atoms with Crippen LogP contribution in [-0.2, 0) is 9.53 Å². The Balaban J connectivity index is 3.50. The summed E-state index contributed by atoms with van der Waals surface area (Å²) in [7, 11) is 1.54. The van der Waals surface area contributed by atoms with Gasteiger partial charge in [0.05, 0.1) is 12.5 Å². The monoisotopic (exact) mass is 200 g/mol. The molecule has 3 heteroatoms. The molecular weight excluding hydrogens is 180 g/mol. The Kier molecular flexibility index (Phi) is 8.24. The number of rotatable bonds is 9. The maximum atomic E-state index is 10.7. The quantitative estimate of drug-likeness (QED) is 0.459. The summed E-state index contributed by atoms with van der Waals surface area (Å²) in [5, 5.41) is 8.81. The van der Waals surface area contributed by atoms with E-state index in [-0.39, 0.29) is 5.92 Å². The third kappa shape index (κ3) is 6.66. The summed E-state index contributed by atoms with van der Waals surface area (Å²) in [6.45, 7) is 3.95. The minimum Gasteiger partial charge on any atom is -0.481 e. The van der Waals surface area contributed by atoms with Gasteiger partial charge in [-0.05, 0) is 19.3 Å². The van der Waals surface area contributed by atoms with Gasteiger partial charge in [0.2, 0.25) is 0 Å². The maximum absolute atomic E-state index is 10.7. The number of methoxy groups -OCH3 is 1. The van der Waals surface area contributed by atoms with E-state index in [1.165, 1.54) is 7.11 Å². The molecule has 0 bridgehead atoms. The number of carboxylic acid groups (broad SMARTS) is 1. The van der Waals surface area contributed by atoms with Crippen LogP contribution in [0.1, 0.15) is 32.1 Å². The van der Waals surface area contributed by atoms with Gasteiger partial charge >= 0.3 is 5.97 Å². The fourth-order valence-electron chi connectivity index (χ4n) is 1.34. The van der Waals surface area contributed by atoms with Crippen LogP contribution in [0.2, 0.25) is 0 Å². The summed E-state index contributed by atoms with van der Waals surface area (Å²) in [4.78, 5) is 10.7. The van der Waals surface area contributed by atoms with E-state index in [2.05, 4.69) is 6.58 Å². The largest absolute Gasteiger partial charge is 0.481 e. The van der Waals surface area contributed by atoms with E-state index in [4.69, 9.17) is 9.84 Å². The zero-order valence-corrected chi connectivity index (χ0v) is 8.87. The van der Waals surface area contributed by atoms with Gasteiger partial charge in [-0.15, -0.1) is 6.58 Å². The lowest BCUT2D eigenvalue weighted by molar-refractivity contribution is -0.143. The molecule has 14 heavy (non-hydrogen) atoms. The second-order valence-electron chi connectivity index (χ2n) is 3.42. The molecule has 0 heterocycles. The highest BCUT2D eigenvalue weighted by Crippen LogP contribution is 2.11. The van der Waals surface area contributed by atoms with Crippen molar-refractivity contribution >= 4 is 5.97 Å². The van der Waals surface area contributed by atoms with Crippen LogP contribution in [0.15, 0.2) is 12.7 Å². The first kappa shape index (κ1) is 13.2. The topological polar surface area (TPSA) is 46.5 Å². The lowest BCUT2D eigenvalue weighted by Gasteiger charge is -2.10. The third-order valence-corrected chi connectivity index (χ3v) is 2.18. The van der Waals surface area contributed by atoms with Gasteiger partial charge in [0.25, 0.3) is 0 Å². The molecule has 3 nitrogen and oxygen atoms in total. The van der Waals surface area contributed by atoms with Gasteiger partial charge in [0.15, 0.2) is 0 Å². The van der Waals surface area contributed by atoms with Crippen molar-refractivity contribution in [1.29, 1.82) is 0 Å². The molecule has 0 aliphatic heterocycles. The minimum absolute atomic E-state index is 0.316. The number of allylic oxidation sites excluding steroid dienone is 1. The summed E-state index contributed by atoms with van der Waals surface area (Å²) >= 11 is 0. The highest BCUT2D eigenvalue weighted by molar-refractivity contribution is 5.70. The predicted molar refractivity (Wildman–Crippen MR) is 56.3 cm³/mol. The van der Waals surface area contributed by atoms with Crippen LogP contribution in [0.25, 0.3) is 0 Å². The van der Waals surface area contributed by atoms with Gasteiger partial charge in [0, 0.05) is 7.11 Å². The first-order valence-electron chi connectivity index (χ1n) is 5.05. The first-order valence-corrected chi connectivity index (χ1v) is 5.05. The van der Waals surface area contributed by atoms with E-state index in [1.54, 1.807) is 0 Å². The van der Waals surface area contributed by atoms with Gasteiger partial charge in [-0.1, -0.05) is 18.9 Å². The number of carbonyl (C=O) groups is 1. The third-order valence-electron chi connectivity index (χ3n) is 2.18. The Morgan fingerprint density at radius 1 is 1.50 bits per heavy atom. The van der Waals surface area contributed by atoms with Crippen LogP contribution in [0.5, 0.6) is 0 Å². The fraction of sp³-hybridized carbons (Fsp3) is 0.727. The number of aliphatic carboxylic acids is 1. The van der Waals surface area contributed by atoms with E-state index in [1.807, 2.05) is 6.08 Å². The molecule has 0 spiro atoms. The number of hydrogen-bond acceptors (Lipinski definition) is 2. The van der Waals surface area contributed by atoms with Crippen molar-refractivity contribution in [3.63, 3.8) is 0 Å². The number of carboxylic acids is 1. The summed E-state index contributed by atoms with van der Waals surface area (Å²) < 4.78 is 4.85. The second-order valence-corrected chi connectivity index (χ2v) is 3.42. The molecule has 0 saturated heterocycles. The maximum Gasteiger partial charge on any atom is 0.308 e. The Morgan fingerprint density at radius 3 is 2.71 bits per heavy atom. The van der Waals surface area contributed by atoms with E-state index >= 15 is 0 Å². The van der Waals surface area contributed by atoms with Crippen molar-refractivity contribution in [3.8, 4) is 0 Å². The molecule has 1 unspecified atom stereocenters. The lowest BCUT2D eigenvalue weighted by Crippen LogP contribution is -2.18. The molecule has 1 atom stereocenters. The standard InChI is InChI=1S/C11H20O3/c1-3-4-5-6-7-8-10(9-14-2)11(12)13/h3,10H,1,4-9H2,2H3,(H,12,13). The molecule has 0 rings (SSSR count). The van der Waals surface area contributed by atoms with Crippen molar-refractivity contribution in [2.75, 3.05) is 13.7 Å². The van der Waals surface area contributed by atoms with Gasteiger partial charge in [-0.3, -0.25) is 4.79 Å². The smallest absolute Gasteiger partial charge is 0.308 e. The molecule has 0 aromatic rings. The van der Waals surface area contributed by atoms with Gasteiger partial charge < -0.3 is 9.84 Å². The number of hydrogen-bond donors (Lipinski definition) is 1. The van der Waals surface area contributed by atoms with E-state index in [0.29, 0.717) is 13.0 Å². The highest BCUT2D eigenvalue weighted by Gasteiger charge is 2.15. The summed E-state index contributed by atoms with van der Waals surface area (Å²) in [5.74, 6) is -1.10. The first-order chi connectivity index (χ1) is 6.72. The highest BCUT2D eigenvalue weighted by atomic mass is 16.5. The SMILES string of the molecule is C=CCCCCCC(COC)C(=O)O. The number of unbranched alkanes of at least 4 members (excludes halogenated alkanes) is 3. The molecule has 0 fully saturated rings. The zero-order valence-electron chi connectivity index (χ0n) is 8.87. The van der Waals surface area contributed by atoms with Crippen LogP contribution in [0, 0.1) is 5.92 Å². The van der Waals surface area contributed by atoms with Gasteiger partial charge in [-0.2, -0.15) is 0 Å². The Bertz CT molecular complexity index is 166. The normalized spacial score (nSPS) is 12.4.